The predicted molar refractivity (Wildman–Crippen MR) is 86.6 cm³/mol. The van der Waals surface area contributed by atoms with Crippen LogP contribution in [-0.2, 0) is 10.0 Å². The molecule has 0 aliphatic carbocycles. The van der Waals surface area contributed by atoms with Crippen LogP contribution < -0.4 is 5.73 Å². The van der Waals surface area contributed by atoms with Crippen LogP contribution in [0.4, 0.5) is 0 Å². The molecule has 0 saturated carbocycles. The first-order valence-electron chi connectivity index (χ1n) is 7.54. The van der Waals surface area contributed by atoms with Crippen molar-refractivity contribution in [3.8, 4) is 0 Å². The minimum Gasteiger partial charge on any atom is -0.448 e. The molecule has 1 aromatic rings. The number of piperidine rings is 1. The van der Waals surface area contributed by atoms with Gasteiger partial charge in [0.05, 0.1) is 5.56 Å². The summed E-state index contributed by atoms with van der Waals surface area (Å²) < 4.78 is 30.6. The van der Waals surface area contributed by atoms with E-state index in [0.717, 1.165) is 10.7 Å². The lowest BCUT2D eigenvalue weighted by molar-refractivity contribution is 0.0531. The monoisotopic (exact) mass is 343 g/mol. The third kappa shape index (κ3) is 3.29. The topological polar surface area (TPSA) is 96.8 Å². The molecule has 8 heteroatoms. The molecule has 1 aromatic heterocycles. The molecule has 1 fully saturated rings. The molecule has 1 atom stereocenters. The molecule has 1 saturated heterocycles. The quantitative estimate of drug-likeness (QED) is 0.884. The smallest absolute Gasteiger partial charge is 0.275 e. The molecular weight excluding hydrogens is 318 g/mol. The summed E-state index contributed by atoms with van der Waals surface area (Å²) in [7, 11) is -0.859. The largest absolute Gasteiger partial charge is 0.448 e. The third-order valence-corrected chi connectivity index (χ3v) is 6.13. The van der Waals surface area contributed by atoms with Crippen molar-refractivity contribution in [2.45, 2.75) is 38.3 Å². The Morgan fingerprint density at radius 2 is 2.04 bits per heavy atom. The van der Waals surface area contributed by atoms with Gasteiger partial charge >= 0.3 is 0 Å². The van der Waals surface area contributed by atoms with Crippen molar-refractivity contribution in [3.63, 3.8) is 0 Å². The van der Waals surface area contributed by atoms with Gasteiger partial charge in [0.1, 0.15) is 5.76 Å². The molecular formula is C15H25N3O4S. The van der Waals surface area contributed by atoms with Gasteiger partial charge in [-0.1, -0.05) is 13.8 Å². The van der Waals surface area contributed by atoms with E-state index in [1.54, 1.807) is 11.8 Å². The molecule has 2 N–H and O–H groups in total. The van der Waals surface area contributed by atoms with Gasteiger partial charge < -0.3 is 15.1 Å². The zero-order valence-electron chi connectivity index (χ0n) is 14.3. The van der Waals surface area contributed by atoms with Gasteiger partial charge in [0, 0.05) is 39.3 Å². The van der Waals surface area contributed by atoms with E-state index < -0.39 is 10.0 Å². The summed E-state index contributed by atoms with van der Waals surface area (Å²) in [5.41, 5.74) is 6.21. The number of furan rings is 1. The second kappa shape index (κ2) is 5.92. The third-order valence-electron chi connectivity index (χ3n) is 4.46. The number of sulfonamides is 1. The standard InChI is InChI=1S/C15H25N3O4S/c1-10-11(8-13(22-10)23(20,21)17(4)5)14(19)18-7-6-12(16)15(2,3)9-18/h8,12H,6-7,9,16H2,1-5H3. The highest BCUT2D eigenvalue weighted by Gasteiger charge is 2.37. The molecule has 2 heterocycles. The molecule has 130 valence electrons. The van der Waals surface area contributed by atoms with E-state index in [1.807, 2.05) is 13.8 Å². The Labute approximate surface area is 137 Å². The molecule has 0 aromatic carbocycles. The van der Waals surface area contributed by atoms with E-state index in [4.69, 9.17) is 10.2 Å². The van der Waals surface area contributed by atoms with E-state index in [0.29, 0.717) is 18.8 Å². The van der Waals surface area contributed by atoms with E-state index >= 15 is 0 Å². The summed E-state index contributed by atoms with van der Waals surface area (Å²) in [5.74, 6) is 0.0922. The summed E-state index contributed by atoms with van der Waals surface area (Å²) in [5, 5.41) is -0.212. The van der Waals surface area contributed by atoms with Crippen molar-refractivity contribution < 1.29 is 17.6 Å². The van der Waals surface area contributed by atoms with Gasteiger partial charge in [-0.25, -0.2) is 12.7 Å². The Morgan fingerprint density at radius 3 is 2.57 bits per heavy atom. The maximum absolute atomic E-state index is 12.7. The fourth-order valence-corrected chi connectivity index (χ4v) is 3.55. The lowest BCUT2D eigenvalue weighted by atomic mass is 9.79. The number of amides is 1. The average Bonchev–Trinajstić information content (AvgIpc) is 2.83. The number of rotatable bonds is 3. The van der Waals surface area contributed by atoms with Crippen LogP contribution in [-0.4, -0.2) is 56.8 Å². The summed E-state index contributed by atoms with van der Waals surface area (Å²) in [6.07, 6.45) is 0.721. The molecule has 0 bridgehead atoms. The van der Waals surface area contributed by atoms with Gasteiger partial charge in [0.15, 0.2) is 0 Å². The Kier molecular flexibility index (Phi) is 4.62. The summed E-state index contributed by atoms with van der Waals surface area (Å²) >= 11 is 0. The van der Waals surface area contributed by atoms with Crippen LogP contribution >= 0.6 is 0 Å². The van der Waals surface area contributed by atoms with E-state index in [9.17, 15) is 13.2 Å². The fraction of sp³-hybridized carbons (Fsp3) is 0.667. The maximum atomic E-state index is 12.7. The normalized spacial score (nSPS) is 21.7. The first-order chi connectivity index (χ1) is 10.5. The summed E-state index contributed by atoms with van der Waals surface area (Å²) in [6, 6.07) is 1.36. The molecule has 1 aliphatic rings. The SMILES string of the molecule is Cc1oc(S(=O)(=O)N(C)C)cc1C(=O)N1CCC(N)C(C)(C)C1. The fourth-order valence-electron chi connectivity index (χ4n) is 2.69. The van der Waals surface area contributed by atoms with E-state index in [2.05, 4.69) is 0 Å². The van der Waals surface area contributed by atoms with Gasteiger partial charge in [-0.05, 0) is 18.8 Å². The summed E-state index contributed by atoms with van der Waals surface area (Å²) in [4.78, 5) is 14.5. The molecule has 1 amide bonds. The average molecular weight is 343 g/mol. The number of likely N-dealkylation sites (tertiary alicyclic amines) is 1. The van der Waals surface area contributed by atoms with Gasteiger partial charge in [0.2, 0.25) is 5.09 Å². The van der Waals surface area contributed by atoms with Crippen LogP contribution in [0.2, 0.25) is 0 Å². The van der Waals surface area contributed by atoms with Crippen LogP contribution in [0.5, 0.6) is 0 Å². The van der Waals surface area contributed by atoms with Gasteiger partial charge in [-0.3, -0.25) is 4.79 Å². The van der Waals surface area contributed by atoms with Crippen LogP contribution in [0.25, 0.3) is 0 Å². The van der Waals surface area contributed by atoms with Gasteiger partial charge in [-0.15, -0.1) is 0 Å². The Bertz CT molecular complexity index is 706. The minimum absolute atomic E-state index is 0.0432. The Morgan fingerprint density at radius 1 is 1.43 bits per heavy atom. The maximum Gasteiger partial charge on any atom is 0.275 e. The number of aryl methyl sites for hydroxylation is 1. The van der Waals surface area contributed by atoms with Crippen molar-refractivity contribution in [1.29, 1.82) is 0 Å². The molecule has 1 unspecified atom stereocenters. The number of hydrogen-bond donors (Lipinski definition) is 1. The zero-order chi connectivity index (χ0) is 17.6. The van der Waals surface area contributed by atoms with Gasteiger partial charge in [-0.2, -0.15) is 0 Å². The van der Waals surface area contributed by atoms with Crippen molar-refractivity contribution >= 4 is 15.9 Å². The van der Waals surface area contributed by atoms with Crippen molar-refractivity contribution in [3.05, 3.63) is 17.4 Å². The number of carbonyl (C=O) groups excluding carboxylic acids is 1. The molecule has 0 radical (unpaired) electrons. The number of nitrogens with two attached hydrogens (primary N) is 1. The van der Waals surface area contributed by atoms with Crippen LogP contribution in [0.1, 0.15) is 36.4 Å². The second-order valence-corrected chi connectivity index (χ2v) is 9.02. The van der Waals surface area contributed by atoms with Crippen molar-refractivity contribution in [1.82, 2.24) is 9.21 Å². The first kappa shape index (κ1) is 18.0. The highest BCUT2D eigenvalue weighted by atomic mass is 32.2. The van der Waals surface area contributed by atoms with E-state index in [-0.39, 0.29) is 28.0 Å². The lowest BCUT2D eigenvalue weighted by Gasteiger charge is -2.42. The van der Waals surface area contributed by atoms with Crippen LogP contribution in [0.3, 0.4) is 0 Å². The summed E-state index contributed by atoms with van der Waals surface area (Å²) in [6.45, 7) is 6.75. The molecule has 23 heavy (non-hydrogen) atoms. The Balaban J connectivity index is 2.30. The molecule has 2 rings (SSSR count). The Hall–Kier alpha value is -1.38. The van der Waals surface area contributed by atoms with E-state index in [1.165, 1.54) is 20.2 Å². The molecule has 1 aliphatic heterocycles. The van der Waals surface area contributed by atoms with Crippen molar-refractivity contribution in [2.75, 3.05) is 27.2 Å². The van der Waals surface area contributed by atoms with Crippen LogP contribution in [0.15, 0.2) is 15.6 Å². The highest BCUT2D eigenvalue weighted by Crippen LogP contribution is 2.30. The number of nitrogens with zero attached hydrogens (tertiary/aromatic N) is 2. The number of hydrogen-bond acceptors (Lipinski definition) is 5. The minimum atomic E-state index is -3.70. The zero-order valence-corrected chi connectivity index (χ0v) is 15.1. The first-order valence-corrected chi connectivity index (χ1v) is 8.98. The van der Waals surface area contributed by atoms with Crippen LogP contribution in [0, 0.1) is 12.3 Å². The van der Waals surface area contributed by atoms with Gasteiger partial charge in [0.25, 0.3) is 15.9 Å². The lowest BCUT2D eigenvalue weighted by Crippen LogP contribution is -2.54. The number of carbonyl (C=O) groups is 1. The second-order valence-electron chi connectivity index (χ2n) is 6.93. The predicted octanol–water partition coefficient (Wildman–Crippen LogP) is 1.04. The highest BCUT2D eigenvalue weighted by molar-refractivity contribution is 7.88. The molecule has 7 nitrogen and oxygen atoms in total. The molecule has 0 spiro atoms. The van der Waals surface area contributed by atoms with Crippen molar-refractivity contribution in [2.24, 2.45) is 11.1 Å².